The number of aromatic nitrogens is 4. The normalized spacial score (nSPS) is 23.1. The highest BCUT2D eigenvalue weighted by molar-refractivity contribution is 5.92. The van der Waals surface area contributed by atoms with Crippen molar-refractivity contribution in [2.45, 2.75) is 63.6 Å². The Bertz CT molecular complexity index is 1140. The predicted octanol–water partition coefficient (Wildman–Crippen LogP) is 4.26. The molecule has 3 atom stereocenters. The van der Waals surface area contributed by atoms with E-state index in [1.165, 1.54) is 6.42 Å². The van der Waals surface area contributed by atoms with Gasteiger partial charge in [0.05, 0.1) is 6.07 Å². The van der Waals surface area contributed by atoms with Crippen molar-refractivity contribution in [2.75, 3.05) is 17.2 Å². The average molecular weight is 435 g/mol. The number of hydrogen-bond acceptors (Lipinski definition) is 7. The topological polar surface area (TPSA) is 106 Å². The molecular formula is C23H27FN8. The zero-order valence-corrected chi connectivity index (χ0v) is 18.1. The standard InChI is InChI=1S/C23H27FN8/c1-14-11-19(31-30-14)28-23-20(24)21-18(7-3-9-26-21)22(29-23)27-15-12-16-5-2-6-17(13-15)32(16)10-4-8-25/h3,7,9,11,15-17H,2,4-6,10,12-13H2,1H3,(H3,27,28,29,30,31)/t15?,16-,17+. The van der Waals surface area contributed by atoms with Gasteiger partial charge in [-0.25, -0.2) is 9.37 Å². The highest BCUT2D eigenvalue weighted by Gasteiger charge is 2.38. The number of pyridine rings is 2. The van der Waals surface area contributed by atoms with Crippen LogP contribution < -0.4 is 10.6 Å². The number of anilines is 3. The minimum atomic E-state index is -0.491. The van der Waals surface area contributed by atoms with Crippen LogP contribution >= 0.6 is 0 Å². The molecular weight excluding hydrogens is 407 g/mol. The first-order valence-corrected chi connectivity index (χ1v) is 11.2. The molecule has 0 aromatic carbocycles. The molecule has 0 aliphatic carbocycles. The maximum Gasteiger partial charge on any atom is 0.192 e. The number of nitriles is 1. The smallest absolute Gasteiger partial charge is 0.192 e. The summed E-state index contributed by atoms with van der Waals surface area (Å²) in [6.07, 6.45) is 7.70. The second kappa shape index (κ2) is 8.71. The molecule has 0 spiro atoms. The Kier molecular flexibility index (Phi) is 5.62. The molecule has 0 amide bonds. The molecule has 5 heterocycles. The molecule has 0 saturated carbocycles. The highest BCUT2D eigenvalue weighted by Crippen LogP contribution is 2.36. The van der Waals surface area contributed by atoms with Crippen LogP contribution in [0.3, 0.4) is 0 Å². The first kappa shape index (κ1) is 20.6. The monoisotopic (exact) mass is 434 g/mol. The van der Waals surface area contributed by atoms with Crippen molar-refractivity contribution in [2.24, 2.45) is 0 Å². The third kappa shape index (κ3) is 3.98. The molecule has 1 unspecified atom stereocenters. The minimum absolute atomic E-state index is 0.108. The summed E-state index contributed by atoms with van der Waals surface area (Å²) in [6, 6.07) is 8.93. The number of H-pyrrole nitrogens is 1. The largest absolute Gasteiger partial charge is 0.367 e. The zero-order valence-electron chi connectivity index (χ0n) is 18.1. The Morgan fingerprint density at radius 2 is 2.09 bits per heavy atom. The molecule has 2 saturated heterocycles. The minimum Gasteiger partial charge on any atom is -0.367 e. The summed E-state index contributed by atoms with van der Waals surface area (Å²) in [4.78, 5) is 11.4. The lowest BCUT2D eigenvalue weighted by molar-refractivity contribution is 0.0370. The van der Waals surface area contributed by atoms with Gasteiger partial charge in [0.2, 0.25) is 0 Å². The van der Waals surface area contributed by atoms with Crippen LogP contribution in [0.5, 0.6) is 0 Å². The van der Waals surface area contributed by atoms with Crippen LogP contribution in [0.1, 0.15) is 44.2 Å². The van der Waals surface area contributed by atoms with Crippen molar-refractivity contribution < 1.29 is 4.39 Å². The summed E-state index contributed by atoms with van der Waals surface area (Å²) in [5.74, 6) is 0.764. The Morgan fingerprint density at radius 1 is 1.28 bits per heavy atom. The first-order chi connectivity index (χ1) is 15.6. The zero-order chi connectivity index (χ0) is 22.1. The number of nitrogens with zero attached hydrogens (tertiary/aromatic N) is 5. The fourth-order valence-electron chi connectivity index (χ4n) is 5.23. The molecule has 32 heavy (non-hydrogen) atoms. The second-order valence-corrected chi connectivity index (χ2v) is 8.78. The van der Waals surface area contributed by atoms with Gasteiger partial charge in [0, 0.05) is 54.4 Å². The van der Waals surface area contributed by atoms with E-state index in [2.05, 4.69) is 41.8 Å². The SMILES string of the molecule is Cc1cc(Nc2nc(NC3C[C@H]4CCC[C@@H](C3)N4CCC#N)c3cccnc3c2F)n[nH]1. The number of rotatable bonds is 6. The molecule has 5 rings (SSSR count). The number of aryl methyl sites for hydroxylation is 1. The summed E-state index contributed by atoms with van der Waals surface area (Å²) in [5.41, 5.74) is 1.16. The number of nitrogens with one attached hydrogen (secondary N) is 3. The van der Waals surface area contributed by atoms with Gasteiger partial charge in [0.25, 0.3) is 0 Å². The quantitative estimate of drug-likeness (QED) is 0.532. The van der Waals surface area contributed by atoms with Crippen LogP contribution in [0.2, 0.25) is 0 Å². The molecule has 3 N–H and O–H groups in total. The number of hydrogen-bond donors (Lipinski definition) is 3. The lowest BCUT2D eigenvalue weighted by atomic mass is 9.81. The molecule has 2 bridgehead atoms. The Hall–Kier alpha value is -3.25. The van der Waals surface area contributed by atoms with Crippen LogP contribution in [0.4, 0.5) is 21.8 Å². The number of halogens is 1. The fraction of sp³-hybridized carbons (Fsp3) is 0.478. The van der Waals surface area contributed by atoms with E-state index in [-0.39, 0.29) is 17.4 Å². The third-order valence-corrected chi connectivity index (χ3v) is 6.60. The Morgan fingerprint density at radius 3 is 2.81 bits per heavy atom. The van der Waals surface area contributed by atoms with Crippen molar-refractivity contribution in [3.63, 3.8) is 0 Å². The molecule has 2 aliphatic heterocycles. The van der Waals surface area contributed by atoms with Gasteiger partial charge in [-0.1, -0.05) is 6.42 Å². The fourth-order valence-corrected chi connectivity index (χ4v) is 5.23. The van der Waals surface area contributed by atoms with Crippen molar-refractivity contribution in [1.29, 1.82) is 5.26 Å². The third-order valence-electron chi connectivity index (χ3n) is 6.60. The van der Waals surface area contributed by atoms with E-state index in [4.69, 9.17) is 5.26 Å². The average Bonchev–Trinajstić information content (AvgIpc) is 3.20. The van der Waals surface area contributed by atoms with Crippen LogP contribution in [0.25, 0.3) is 10.9 Å². The first-order valence-electron chi connectivity index (χ1n) is 11.2. The van der Waals surface area contributed by atoms with Crippen molar-refractivity contribution in [3.8, 4) is 6.07 Å². The van der Waals surface area contributed by atoms with Gasteiger partial charge in [0.1, 0.15) is 11.3 Å². The summed E-state index contributed by atoms with van der Waals surface area (Å²) >= 11 is 0. The van der Waals surface area contributed by atoms with E-state index in [1.807, 2.05) is 13.0 Å². The van der Waals surface area contributed by atoms with Crippen LogP contribution in [0.15, 0.2) is 24.4 Å². The highest BCUT2D eigenvalue weighted by atomic mass is 19.1. The lowest BCUT2D eigenvalue weighted by Gasteiger charge is -2.49. The van der Waals surface area contributed by atoms with Gasteiger partial charge < -0.3 is 10.6 Å². The molecule has 8 nitrogen and oxygen atoms in total. The molecule has 9 heteroatoms. The van der Waals surface area contributed by atoms with Crippen molar-refractivity contribution in [3.05, 3.63) is 35.9 Å². The van der Waals surface area contributed by atoms with Gasteiger partial charge >= 0.3 is 0 Å². The predicted molar refractivity (Wildman–Crippen MR) is 121 cm³/mol. The van der Waals surface area contributed by atoms with E-state index < -0.39 is 5.82 Å². The lowest BCUT2D eigenvalue weighted by Crippen LogP contribution is -2.55. The molecule has 0 radical (unpaired) electrons. The van der Waals surface area contributed by atoms with Crippen molar-refractivity contribution >= 4 is 28.4 Å². The second-order valence-electron chi connectivity index (χ2n) is 8.78. The van der Waals surface area contributed by atoms with E-state index in [9.17, 15) is 0 Å². The maximum atomic E-state index is 15.2. The Balaban J connectivity index is 1.43. The summed E-state index contributed by atoms with van der Waals surface area (Å²) in [6.45, 7) is 2.73. The van der Waals surface area contributed by atoms with Gasteiger partial charge in [-0.15, -0.1) is 0 Å². The van der Waals surface area contributed by atoms with Crippen LogP contribution in [0, 0.1) is 24.1 Å². The molecule has 3 aromatic rings. The number of piperidine rings is 2. The maximum absolute atomic E-state index is 15.2. The van der Waals surface area contributed by atoms with E-state index in [0.29, 0.717) is 35.5 Å². The Labute approximate surface area is 186 Å². The molecule has 3 aromatic heterocycles. The van der Waals surface area contributed by atoms with Crippen LogP contribution in [-0.4, -0.2) is 49.7 Å². The van der Waals surface area contributed by atoms with Crippen molar-refractivity contribution in [1.82, 2.24) is 25.1 Å². The van der Waals surface area contributed by atoms with E-state index >= 15 is 4.39 Å². The summed E-state index contributed by atoms with van der Waals surface area (Å²) < 4.78 is 15.2. The van der Waals surface area contributed by atoms with E-state index in [0.717, 1.165) is 37.9 Å². The summed E-state index contributed by atoms with van der Waals surface area (Å²) in [5, 5.41) is 23.3. The molecule has 166 valence electrons. The van der Waals surface area contributed by atoms with E-state index in [1.54, 1.807) is 18.3 Å². The molecule has 2 aliphatic rings. The number of fused-ring (bicyclic) bond motifs is 3. The molecule has 2 fully saturated rings. The summed E-state index contributed by atoms with van der Waals surface area (Å²) in [7, 11) is 0. The van der Waals surface area contributed by atoms with Gasteiger partial charge in [-0.2, -0.15) is 10.4 Å². The van der Waals surface area contributed by atoms with Gasteiger partial charge in [-0.3, -0.25) is 15.0 Å². The van der Waals surface area contributed by atoms with Gasteiger partial charge in [-0.05, 0) is 44.7 Å². The van der Waals surface area contributed by atoms with Crippen LogP contribution in [-0.2, 0) is 0 Å². The van der Waals surface area contributed by atoms with Gasteiger partial charge in [0.15, 0.2) is 17.5 Å². The number of aromatic amines is 1.